The number of methoxy groups -OCH3 is 1. The molecule has 1 aliphatic heterocycles. The number of ether oxygens (including phenoxy) is 1. The van der Waals surface area contributed by atoms with Gasteiger partial charge in [0.1, 0.15) is 29.5 Å². The molecule has 0 bridgehead atoms. The molecular formula is C26H31FN6O4. The van der Waals surface area contributed by atoms with Crippen LogP contribution in [-0.2, 0) is 16.1 Å². The van der Waals surface area contributed by atoms with Crippen LogP contribution in [0.3, 0.4) is 0 Å². The molecule has 0 radical (unpaired) electrons. The van der Waals surface area contributed by atoms with E-state index in [1.165, 1.54) is 29.1 Å². The number of fused-ring (bicyclic) bond motifs is 1. The number of carbonyl (C=O) groups excluding carboxylic acids is 2. The van der Waals surface area contributed by atoms with Gasteiger partial charge >= 0.3 is 0 Å². The van der Waals surface area contributed by atoms with Crippen LogP contribution in [0.4, 0.5) is 10.2 Å². The monoisotopic (exact) mass is 510 g/mol. The van der Waals surface area contributed by atoms with E-state index in [9.17, 15) is 18.8 Å². The van der Waals surface area contributed by atoms with Gasteiger partial charge in [0, 0.05) is 38.2 Å². The van der Waals surface area contributed by atoms with Crippen molar-refractivity contribution >= 4 is 23.3 Å². The summed E-state index contributed by atoms with van der Waals surface area (Å²) in [5, 5.41) is 7.23. The molecule has 1 saturated heterocycles. The normalized spacial score (nSPS) is 17.3. The van der Waals surface area contributed by atoms with E-state index < -0.39 is 17.3 Å². The highest BCUT2D eigenvalue weighted by Crippen LogP contribution is 2.32. The molecule has 10 nitrogen and oxygen atoms in total. The first-order valence-corrected chi connectivity index (χ1v) is 12.8. The molecular weight excluding hydrogens is 479 g/mol. The summed E-state index contributed by atoms with van der Waals surface area (Å²) in [5.74, 6) is -0.861. The molecule has 2 amide bonds. The lowest BCUT2D eigenvalue weighted by molar-refractivity contribution is -0.116. The van der Waals surface area contributed by atoms with Gasteiger partial charge in [-0.2, -0.15) is 9.61 Å². The standard InChI is InChI=1S/C26H31FN6O4/c1-37-19-9-11-31(12-10-19)26(36)21-14-25(35)33-24(13-20(30-33)17-5-3-2-4-6-17)32(21)16-23(34)29-22-8-7-18(27)15-28-22/h7-8,13-15,17,19H,2-6,9-12,16H2,1H3,(H,28,29,34). The smallest absolute Gasteiger partial charge is 0.275 e. The number of hydrogen-bond acceptors (Lipinski definition) is 6. The summed E-state index contributed by atoms with van der Waals surface area (Å²) in [6, 6.07) is 5.65. The fourth-order valence-corrected chi connectivity index (χ4v) is 5.30. The second-order valence-electron chi connectivity index (χ2n) is 9.77. The molecule has 11 heteroatoms. The van der Waals surface area contributed by atoms with Crippen molar-refractivity contribution in [1.29, 1.82) is 0 Å². The number of rotatable bonds is 6. The Hall–Kier alpha value is -3.60. The Labute approximate surface area is 213 Å². The highest BCUT2D eigenvalue weighted by atomic mass is 19.1. The van der Waals surface area contributed by atoms with Crippen LogP contribution in [0.5, 0.6) is 0 Å². The maximum atomic E-state index is 13.6. The maximum absolute atomic E-state index is 13.6. The van der Waals surface area contributed by atoms with Gasteiger partial charge in [-0.1, -0.05) is 19.3 Å². The second kappa shape index (κ2) is 10.8. The Balaban J connectivity index is 1.51. The van der Waals surface area contributed by atoms with E-state index in [1.807, 2.05) is 6.07 Å². The average Bonchev–Trinajstić information content (AvgIpc) is 3.38. The number of pyridine rings is 1. The minimum absolute atomic E-state index is 0.0931. The maximum Gasteiger partial charge on any atom is 0.275 e. The predicted octanol–water partition coefficient (Wildman–Crippen LogP) is 2.97. The number of nitrogens with one attached hydrogen (secondary N) is 1. The SMILES string of the molecule is COC1CCN(C(=O)c2cc(=O)n3nc(C4CCCCC4)cc3n2CC(=O)Nc2ccc(F)cn2)CC1. The molecule has 0 aromatic carbocycles. The molecule has 1 saturated carbocycles. The van der Waals surface area contributed by atoms with Gasteiger partial charge in [-0.05, 0) is 37.8 Å². The highest BCUT2D eigenvalue weighted by molar-refractivity contribution is 5.95. The van der Waals surface area contributed by atoms with E-state index in [2.05, 4.69) is 15.4 Å². The summed E-state index contributed by atoms with van der Waals surface area (Å²) in [6.07, 6.45) is 7.90. The molecule has 1 aliphatic carbocycles. The minimum atomic E-state index is -0.514. The molecule has 5 rings (SSSR count). The third-order valence-corrected chi connectivity index (χ3v) is 7.35. The van der Waals surface area contributed by atoms with Crippen molar-refractivity contribution in [3.8, 4) is 0 Å². The molecule has 2 fully saturated rings. The van der Waals surface area contributed by atoms with Gasteiger partial charge in [-0.3, -0.25) is 14.4 Å². The Morgan fingerprint density at radius 1 is 1.11 bits per heavy atom. The van der Waals surface area contributed by atoms with Crippen molar-refractivity contribution in [2.45, 2.75) is 63.5 Å². The topological polar surface area (TPSA) is 111 Å². The summed E-state index contributed by atoms with van der Waals surface area (Å²) in [4.78, 5) is 45.3. The molecule has 3 aromatic rings. The molecule has 37 heavy (non-hydrogen) atoms. The van der Waals surface area contributed by atoms with Crippen molar-refractivity contribution in [1.82, 2.24) is 24.1 Å². The van der Waals surface area contributed by atoms with Gasteiger partial charge in [-0.15, -0.1) is 0 Å². The zero-order valence-corrected chi connectivity index (χ0v) is 20.9. The van der Waals surface area contributed by atoms with Crippen LogP contribution in [0.2, 0.25) is 0 Å². The summed E-state index contributed by atoms with van der Waals surface area (Å²) in [5.41, 5.74) is 0.914. The number of nitrogens with zero attached hydrogens (tertiary/aromatic N) is 5. The van der Waals surface area contributed by atoms with Crippen LogP contribution in [0.25, 0.3) is 5.65 Å². The highest BCUT2D eigenvalue weighted by Gasteiger charge is 2.28. The van der Waals surface area contributed by atoms with Gasteiger partial charge in [0.15, 0.2) is 0 Å². The first-order chi connectivity index (χ1) is 17.9. The lowest BCUT2D eigenvalue weighted by Crippen LogP contribution is -2.42. The summed E-state index contributed by atoms with van der Waals surface area (Å²) in [6.45, 7) is 0.748. The molecule has 2 aliphatic rings. The Morgan fingerprint density at radius 2 is 1.86 bits per heavy atom. The van der Waals surface area contributed by atoms with Crippen LogP contribution in [0.1, 0.15) is 67.0 Å². The zero-order valence-electron chi connectivity index (χ0n) is 20.9. The summed E-state index contributed by atoms with van der Waals surface area (Å²) in [7, 11) is 1.66. The molecule has 3 aromatic heterocycles. The van der Waals surface area contributed by atoms with Crippen molar-refractivity contribution in [3.05, 3.63) is 58.0 Å². The van der Waals surface area contributed by atoms with Gasteiger partial charge < -0.3 is 19.5 Å². The van der Waals surface area contributed by atoms with Crippen molar-refractivity contribution in [2.24, 2.45) is 0 Å². The van der Waals surface area contributed by atoms with E-state index in [0.717, 1.165) is 37.6 Å². The number of likely N-dealkylation sites (tertiary alicyclic amines) is 1. The van der Waals surface area contributed by atoms with Crippen LogP contribution < -0.4 is 10.9 Å². The molecule has 0 spiro atoms. The fourth-order valence-electron chi connectivity index (χ4n) is 5.30. The largest absolute Gasteiger partial charge is 0.381 e. The van der Waals surface area contributed by atoms with E-state index >= 15 is 0 Å². The van der Waals surface area contributed by atoms with Crippen LogP contribution in [0, 0.1) is 5.82 Å². The van der Waals surface area contributed by atoms with Crippen molar-refractivity contribution < 1.29 is 18.7 Å². The molecule has 0 unspecified atom stereocenters. The lowest BCUT2D eigenvalue weighted by Gasteiger charge is -2.31. The molecule has 0 atom stereocenters. The van der Waals surface area contributed by atoms with E-state index in [4.69, 9.17) is 4.74 Å². The van der Waals surface area contributed by atoms with Crippen molar-refractivity contribution in [3.63, 3.8) is 0 Å². The second-order valence-corrected chi connectivity index (χ2v) is 9.77. The number of hydrogen-bond donors (Lipinski definition) is 1. The first kappa shape index (κ1) is 25.1. The number of aromatic nitrogens is 4. The Bertz CT molecular complexity index is 1340. The third-order valence-electron chi connectivity index (χ3n) is 7.35. The third kappa shape index (κ3) is 5.41. The van der Waals surface area contributed by atoms with Gasteiger partial charge in [0.25, 0.3) is 11.5 Å². The van der Waals surface area contributed by atoms with Gasteiger partial charge in [-0.25, -0.2) is 9.37 Å². The van der Waals surface area contributed by atoms with Crippen LogP contribution in [-0.4, -0.2) is 62.2 Å². The number of anilines is 1. The number of piperidine rings is 1. The van der Waals surface area contributed by atoms with E-state index in [1.54, 1.807) is 16.6 Å². The van der Waals surface area contributed by atoms with Crippen molar-refractivity contribution in [2.75, 3.05) is 25.5 Å². The van der Waals surface area contributed by atoms with E-state index in [-0.39, 0.29) is 36.0 Å². The minimum Gasteiger partial charge on any atom is -0.381 e. The quantitative estimate of drug-likeness (QED) is 0.546. The summed E-state index contributed by atoms with van der Waals surface area (Å²) < 4.78 is 21.5. The number of amides is 2. The molecule has 4 heterocycles. The summed E-state index contributed by atoms with van der Waals surface area (Å²) >= 11 is 0. The van der Waals surface area contributed by atoms with Crippen LogP contribution >= 0.6 is 0 Å². The zero-order chi connectivity index (χ0) is 25.9. The van der Waals surface area contributed by atoms with Gasteiger partial charge in [0.2, 0.25) is 5.91 Å². The molecule has 196 valence electrons. The Kier molecular flexibility index (Phi) is 7.31. The van der Waals surface area contributed by atoms with Gasteiger partial charge in [0.05, 0.1) is 18.0 Å². The number of carbonyl (C=O) groups is 2. The molecule has 1 N–H and O–H groups in total. The fraction of sp³-hybridized carbons (Fsp3) is 0.500. The lowest BCUT2D eigenvalue weighted by atomic mass is 9.87. The Morgan fingerprint density at radius 3 is 2.54 bits per heavy atom. The van der Waals surface area contributed by atoms with Crippen LogP contribution in [0.15, 0.2) is 35.3 Å². The predicted molar refractivity (Wildman–Crippen MR) is 134 cm³/mol. The van der Waals surface area contributed by atoms with E-state index in [0.29, 0.717) is 31.6 Å². The first-order valence-electron chi connectivity index (χ1n) is 12.8. The number of halogens is 1. The average molecular weight is 511 g/mol.